The molecule has 1 N–H and O–H groups in total. The van der Waals surface area contributed by atoms with Crippen molar-refractivity contribution in [2.24, 2.45) is 0 Å². The maximum Gasteiger partial charge on any atom is 0.280 e. The average Bonchev–Trinajstić information content (AvgIpc) is 2.72. The number of likely N-dealkylation sites (tertiary alicyclic amines) is 1. The number of nitrogens with one attached hydrogen (secondary N) is 1. The van der Waals surface area contributed by atoms with E-state index in [9.17, 15) is 9.59 Å². The number of aromatic nitrogens is 3. The molecule has 0 bridgehead atoms. The Bertz CT molecular complexity index is 1000. The molecule has 1 fully saturated rings. The van der Waals surface area contributed by atoms with Gasteiger partial charge < -0.3 is 14.6 Å². The van der Waals surface area contributed by atoms with E-state index in [1.807, 2.05) is 30.3 Å². The Morgan fingerprint density at radius 2 is 2.07 bits per heavy atom. The van der Waals surface area contributed by atoms with Gasteiger partial charge in [-0.2, -0.15) is 0 Å². The first-order valence-corrected chi connectivity index (χ1v) is 9.00. The fourth-order valence-electron chi connectivity index (χ4n) is 3.27. The molecule has 27 heavy (non-hydrogen) atoms. The summed E-state index contributed by atoms with van der Waals surface area (Å²) in [6.07, 6.45) is 3.35. The molecule has 3 aromatic rings. The molecular formula is C20H20N4O3. The van der Waals surface area contributed by atoms with Crippen LogP contribution in [-0.4, -0.2) is 45.0 Å². The van der Waals surface area contributed by atoms with Crippen LogP contribution in [0.2, 0.25) is 0 Å². The maximum absolute atomic E-state index is 12.9. The first-order valence-electron chi connectivity index (χ1n) is 9.00. The third-order valence-corrected chi connectivity index (χ3v) is 4.66. The second kappa shape index (κ2) is 7.67. The van der Waals surface area contributed by atoms with Gasteiger partial charge in [0, 0.05) is 19.3 Å². The summed E-state index contributed by atoms with van der Waals surface area (Å²) in [4.78, 5) is 38.1. The van der Waals surface area contributed by atoms with Crippen molar-refractivity contribution in [3.8, 4) is 0 Å². The second-order valence-electron chi connectivity index (χ2n) is 6.58. The van der Waals surface area contributed by atoms with E-state index in [0.717, 1.165) is 18.5 Å². The number of aromatic amines is 1. The molecule has 0 radical (unpaired) electrons. The standard InChI is InChI=1S/C20H20N4O3/c25-19-18(22-16-8-1-2-9-17(16)23-19)20(26)24-11-5-7-15(12-24)27-13-14-6-3-4-10-21-14/h1-4,6,8-10,15H,5,7,11-13H2,(H,23,25)/t15-/m0/s1. The molecule has 7 nitrogen and oxygen atoms in total. The molecular weight excluding hydrogens is 344 g/mol. The molecule has 138 valence electrons. The van der Waals surface area contributed by atoms with Crippen LogP contribution in [0.25, 0.3) is 11.0 Å². The SMILES string of the molecule is O=C(c1nc2ccccc2[nH]c1=O)N1CCC[C@H](OCc2ccccn2)C1. The van der Waals surface area contributed by atoms with E-state index in [4.69, 9.17) is 4.74 Å². The average molecular weight is 364 g/mol. The van der Waals surface area contributed by atoms with Crippen molar-refractivity contribution >= 4 is 16.9 Å². The topological polar surface area (TPSA) is 88.2 Å². The number of rotatable bonds is 4. The van der Waals surface area contributed by atoms with Crippen molar-refractivity contribution in [3.05, 3.63) is 70.4 Å². The van der Waals surface area contributed by atoms with E-state index in [-0.39, 0.29) is 17.7 Å². The smallest absolute Gasteiger partial charge is 0.280 e. The molecule has 0 aliphatic carbocycles. The van der Waals surface area contributed by atoms with E-state index in [1.54, 1.807) is 23.2 Å². The summed E-state index contributed by atoms with van der Waals surface area (Å²) in [5.41, 5.74) is 1.54. The number of carbonyl (C=O) groups is 1. The quantitative estimate of drug-likeness (QED) is 0.766. The van der Waals surface area contributed by atoms with Crippen LogP contribution in [0.3, 0.4) is 0 Å². The number of pyridine rings is 1. The van der Waals surface area contributed by atoms with Gasteiger partial charge in [0.1, 0.15) is 0 Å². The van der Waals surface area contributed by atoms with Gasteiger partial charge in [-0.3, -0.25) is 14.6 Å². The zero-order valence-corrected chi connectivity index (χ0v) is 14.8. The number of para-hydroxylation sites is 2. The number of ether oxygens (including phenoxy) is 1. The largest absolute Gasteiger partial charge is 0.370 e. The third-order valence-electron chi connectivity index (χ3n) is 4.66. The molecule has 1 amide bonds. The number of piperidine rings is 1. The lowest BCUT2D eigenvalue weighted by atomic mass is 10.1. The molecule has 1 saturated heterocycles. The van der Waals surface area contributed by atoms with Crippen molar-refractivity contribution in [3.63, 3.8) is 0 Å². The lowest BCUT2D eigenvalue weighted by Crippen LogP contribution is -2.45. The third kappa shape index (κ3) is 3.88. The Labute approximate surface area is 156 Å². The highest BCUT2D eigenvalue weighted by atomic mass is 16.5. The van der Waals surface area contributed by atoms with Gasteiger partial charge in [-0.25, -0.2) is 4.98 Å². The number of hydrogen-bond acceptors (Lipinski definition) is 5. The van der Waals surface area contributed by atoms with E-state index >= 15 is 0 Å². The van der Waals surface area contributed by atoms with Crippen molar-refractivity contribution < 1.29 is 9.53 Å². The van der Waals surface area contributed by atoms with Gasteiger partial charge in [0.15, 0.2) is 5.69 Å². The number of benzene rings is 1. The summed E-state index contributed by atoms with van der Waals surface area (Å²) in [5, 5.41) is 0. The van der Waals surface area contributed by atoms with Crippen LogP contribution in [0.5, 0.6) is 0 Å². The zero-order chi connectivity index (χ0) is 18.6. The highest BCUT2D eigenvalue weighted by Crippen LogP contribution is 2.16. The fraction of sp³-hybridized carbons (Fsp3) is 0.300. The Balaban J connectivity index is 1.47. The predicted molar refractivity (Wildman–Crippen MR) is 100 cm³/mol. The summed E-state index contributed by atoms with van der Waals surface area (Å²) < 4.78 is 5.92. The van der Waals surface area contributed by atoms with Crippen molar-refractivity contribution in [1.29, 1.82) is 0 Å². The highest BCUT2D eigenvalue weighted by molar-refractivity contribution is 5.93. The van der Waals surface area contributed by atoms with Crippen LogP contribution in [0.4, 0.5) is 0 Å². The van der Waals surface area contributed by atoms with Crippen molar-refractivity contribution in [1.82, 2.24) is 19.9 Å². The molecule has 0 spiro atoms. The number of hydrogen-bond donors (Lipinski definition) is 1. The Kier molecular flexibility index (Phi) is 4.93. The summed E-state index contributed by atoms with van der Waals surface area (Å²) >= 11 is 0. The van der Waals surface area contributed by atoms with Gasteiger partial charge >= 0.3 is 0 Å². The zero-order valence-electron chi connectivity index (χ0n) is 14.8. The molecule has 0 unspecified atom stereocenters. The first-order chi connectivity index (χ1) is 13.2. The lowest BCUT2D eigenvalue weighted by Gasteiger charge is -2.32. The van der Waals surface area contributed by atoms with Gasteiger partial charge in [0.2, 0.25) is 0 Å². The summed E-state index contributed by atoms with van der Waals surface area (Å²) in [6.45, 7) is 1.44. The Morgan fingerprint density at radius 1 is 1.22 bits per heavy atom. The first kappa shape index (κ1) is 17.4. The maximum atomic E-state index is 12.9. The second-order valence-corrected chi connectivity index (χ2v) is 6.58. The Morgan fingerprint density at radius 3 is 2.93 bits per heavy atom. The van der Waals surface area contributed by atoms with Crippen LogP contribution >= 0.6 is 0 Å². The summed E-state index contributed by atoms with van der Waals surface area (Å²) in [6, 6.07) is 12.9. The minimum atomic E-state index is -0.463. The Hall–Kier alpha value is -3.06. The molecule has 0 saturated carbocycles. The summed E-state index contributed by atoms with van der Waals surface area (Å²) in [7, 11) is 0. The number of amides is 1. The lowest BCUT2D eigenvalue weighted by molar-refractivity contribution is -0.00805. The van der Waals surface area contributed by atoms with Gasteiger partial charge in [-0.1, -0.05) is 18.2 Å². The van der Waals surface area contributed by atoms with E-state index < -0.39 is 5.56 Å². The van der Waals surface area contributed by atoms with Crippen LogP contribution in [0.1, 0.15) is 29.0 Å². The van der Waals surface area contributed by atoms with Crippen LogP contribution < -0.4 is 5.56 Å². The molecule has 1 atom stereocenters. The molecule has 1 aliphatic heterocycles. The van der Waals surface area contributed by atoms with Crippen LogP contribution in [-0.2, 0) is 11.3 Å². The molecule has 2 aromatic heterocycles. The normalized spacial score (nSPS) is 17.2. The number of H-pyrrole nitrogens is 1. The van der Waals surface area contributed by atoms with E-state index in [2.05, 4.69) is 15.0 Å². The summed E-state index contributed by atoms with van der Waals surface area (Å²) in [5.74, 6) is -0.354. The molecule has 1 aromatic carbocycles. The van der Waals surface area contributed by atoms with Crippen LogP contribution in [0.15, 0.2) is 53.5 Å². The van der Waals surface area contributed by atoms with Gasteiger partial charge in [0.05, 0.1) is 29.4 Å². The van der Waals surface area contributed by atoms with Gasteiger partial charge in [-0.15, -0.1) is 0 Å². The van der Waals surface area contributed by atoms with Gasteiger partial charge in [0.25, 0.3) is 11.5 Å². The fourth-order valence-corrected chi connectivity index (χ4v) is 3.27. The highest BCUT2D eigenvalue weighted by Gasteiger charge is 2.27. The van der Waals surface area contributed by atoms with Crippen molar-refractivity contribution in [2.45, 2.75) is 25.6 Å². The van der Waals surface area contributed by atoms with Gasteiger partial charge in [-0.05, 0) is 37.1 Å². The molecule has 7 heteroatoms. The minimum Gasteiger partial charge on any atom is -0.370 e. The molecule has 4 rings (SSSR count). The van der Waals surface area contributed by atoms with Crippen LogP contribution in [0, 0.1) is 0 Å². The minimum absolute atomic E-state index is 0.0703. The molecule has 1 aliphatic rings. The number of carbonyl (C=O) groups excluding carboxylic acids is 1. The number of fused-ring (bicyclic) bond motifs is 1. The molecule has 3 heterocycles. The monoisotopic (exact) mass is 364 g/mol. The van der Waals surface area contributed by atoms with Crippen molar-refractivity contribution in [2.75, 3.05) is 13.1 Å². The van der Waals surface area contributed by atoms with E-state index in [1.165, 1.54) is 0 Å². The number of nitrogens with zero attached hydrogens (tertiary/aromatic N) is 3. The predicted octanol–water partition coefficient (Wildman–Crippen LogP) is 2.14. The van der Waals surface area contributed by atoms with E-state index in [0.29, 0.717) is 30.7 Å².